The summed E-state index contributed by atoms with van der Waals surface area (Å²) in [6, 6.07) is 8.15. The maximum atomic E-state index is 12.1. The average Bonchev–Trinajstić information content (AvgIpc) is 2.71. The number of rotatable bonds is 8. The van der Waals surface area contributed by atoms with Crippen molar-refractivity contribution in [3.63, 3.8) is 0 Å². The Bertz CT molecular complexity index is 897. The van der Waals surface area contributed by atoms with Crippen LogP contribution in [0.1, 0.15) is 10.4 Å². The van der Waals surface area contributed by atoms with Crippen LogP contribution in [-0.2, 0) is 9.53 Å². The standard InChI is InChI=1S/C18H18N2O8/c1-25-14-7-5-12(20(23)24)9-13(14)19-17(21)10-28-18(22)11-4-6-15(26-2)16(8-11)27-3/h4-9H,10H2,1-3H3,(H,19,21). The Morgan fingerprint density at radius 2 is 1.61 bits per heavy atom. The summed E-state index contributed by atoms with van der Waals surface area (Å²) in [7, 11) is 4.24. The van der Waals surface area contributed by atoms with Gasteiger partial charge < -0.3 is 24.3 Å². The molecule has 0 heterocycles. The van der Waals surface area contributed by atoms with E-state index in [4.69, 9.17) is 18.9 Å². The predicted molar refractivity (Wildman–Crippen MR) is 98.1 cm³/mol. The number of non-ortho nitro benzene ring substituents is 1. The number of anilines is 1. The highest BCUT2D eigenvalue weighted by atomic mass is 16.6. The van der Waals surface area contributed by atoms with Crippen LogP contribution in [0.5, 0.6) is 17.2 Å². The molecule has 148 valence electrons. The second-order valence-corrected chi connectivity index (χ2v) is 5.34. The third-order valence-corrected chi connectivity index (χ3v) is 3.62. The Kier molecular flexibility index (Phi) is 6.74. The monoisotopic (exact) mass is 390 g/mol. The van der Waals surface area contributed by atoms with Gasteiger partial charge in [-0.1, -0.05) is 0 Å². The van der Waals surface area contributed by atoms with E-state index in [2.05, 4.69) is 5.32 Å². The molecule has 1 N–H and O–H groups in total. The molecule has 0 aliphatic rings. The highest BCUT2D eigenvalue weighted by Gasteiger charge is 2.16. The number of carbonyl (C=O) groups excluding carboxylic acids is 2. The SMILES string of the molecule is COc1ccc([N+](=O)[O-])cc1NC(=O)COC(=O)c1ccc(OC)c(OC)c1. The third kappa shape index (κ3) is 4.87. The van der Waals surface area contributed by atoms with Crippen molar-refractivity contribution in [2.24, 2.45) is 0 Å². The number of carbonyl (C=O) groups is 2. The molecule has 10 nitrogen and oxygen atoms in total. The van der Waals surface area contributed by atoms with Crippen LogP contribution in [0.15, 0.2) is 36.4 Å². The second kappa shape index (κ2) is 9.21. The van der Waals surface area contributed by atoms with Crippen molar-refractivity contribution in [3.05, 3.63) is 52.1 Å². The predicted octanol–water partition coefficient (Wildman–Crippen LogP) is 2.42. The van der Waals surface area contributed by atoms with Gasteiger partial charge in [-0.3, -0.25) is 14.9 Å². The fourth-order valence-corrected chi connectivity index (χ4v) is 2.27. The summed E-state index contributed by atoms with van der Waals surface area (Å²) in [5, 5.41) is 13.3. The van der Waals surface area contributed by atoms with Crippen molar-refractivity contribution in [2.45, 2.75) is 0 Å². The Labute approximate surface area is 160 Å². The van der Waals surface area contributed by atoms with E-state index in [9.17, 15) is 19.7 Å². The number of methoxy groups -OCH3 is 3. The third-order valence-electron chi connectivity index (χ3n) is 3.62. The zero-order valence-corrected chi connectivity index (χ0v) is 15.4. The molecular weight excluding hydrogens is 372 g/mol. The van der Waals surface area contributed by atoms with Gasteiger partial charge in [0.1, 0.15) is 5.75 Å². The molecule has 0 aliphatic heterocycles. The lowest BCUT2D eigenvalue weighted by Crippen LogP contribution is -2.21. The molecule has 10 heteroatoms. The van der Waals surface area contributed by atoms with Crippen LogP contribution in [0.4, 0.5) is 11.4 Å². The lowest BCUT2D eigenvalue weighted by atomic mass is 10.2. The van der Waals surface area contributed by atoms with Crippen molar-refractivity contribution >= 4 is 23.3 Å². The van der Waals surface area contributed by atoms with E-state index in [1.165, 1.54) is 51.7 Å². The van der Waals surface area contributed by atoms with Crippen LogP contribution in [0, 0.1) is 10.1 Å². The van der Waals surface area contributed by atoms with E-state index in [1.54, 1.807) is 0 Å². The maximum absolute atomic E-state index is 12.1. The lowest BCUT2D eigenvalue weighted by molar-refractivity contribution is -0.384. The summed E-state index contributed by atoms with van der Waals surface area (Å²) in [6.45, 7) is -0.598. The number of nitro groups is 1. The molecule has 0 spiro atoms. The van der Waals surface area contributed by atoms with Gasteiger partial charge in [0, 0.05) is 12.1 Å². The summed E-state index contributed by atoms with van der Waals surface area (Å²) in [4.78, 5) is 34.5. The first-order valence-corrected chi connectivity index (χ1v) is 7.91. The fourth-order valence-electron chi connectivity index (χ4n) is 2.27. The Hall–Kier alpha value is -3.82. The van der Waals surface area contributed by atoms with Gasteiger partial charge in [0.05, 0.1) is 37.5 Å². The fraction of sp³-hybridized carbons (Fsp3) is 0.222. The van der Waals surface area contributed by atoms with Crippen LogP contribution in [0.25, 0.3) is 0 Å². The van der Waals surface area contributed by atoms with E-state index < -0.39 is 23.4 Å². The quantitative estimate of drug-likeness (QED) is 0.414. The molecular formula is C18H18N2O8. The summed E-state index contributed by atoms with van der Waals surface area (Å²) >= 11 is 0. The van der Waals surface area contributed by atoms with Crippen LogP contribution < -0.4 is 19.5 Å². The van der Waals surface area contributed by atoms with E-state index in [-0.39, 0.29) is 22.7 Å². The molecule has 28 heavy (non-hydrogen) atoms. The molecule has 0 saturated heterocycles. The largest absolute Gasteiger partial charge is 0.495 e. The summed E-state index contributed by atoms with van der Waals surface area (Å²) in [5.41, 5.74) is 0.0284. The zero-order chi connectivity index (χ0) is 20.7. The van der Waals surface area contributed by atoms with Gasteiger partial charge in [0.15, 0.2) is 18.1 Å². The van der Waals surface area contributed by atoms with Crippen molar-refractivity contribution in [1.29, 1.82) is 0 Å². The molecule has 0 atom stereocenters. The number of benzene rings is 2. The average molecular weight is 390 g/mol. The minimum absolute atomic E-state index is 0.0869. The maximum Gasteiger partial charge on any atom is 0.338 e. The summed E-state index contributed by atoms with van der Waals surface area (Å²) < 4.78 is 20.2. The number of ether oxygens (including phenoxy) is 4. The lowest BCUT2D eigenvalue weighted by Gasteiger charge is -2.11. The molecule has 0 aromatic heterocycles. The van der Waals surface area contributed by atoms with Gasteiger partial charge in [-0.15, -0.1) is 0 Å². The van der Waals surface area contributed by atoms with Gasteiger partial charge in [-0.2, -0.15) is 0 Å². The zero-order valence-electron chi connectivity index (χ0n) is 15.4. The van der Waals surface area contributed by atoms with Crippen molar-refractivity contribution in [2.75, 3.05) is 33.3 Å². The number of nitrogens with zero attached hydrogens (tertiary/aromatic N) is 1. The number of esters is 1. The number of nitro benzene ring substituents is 1. The molecule has 1 amide bonds. The Balaban J connectivity index is 2.03. The van der Waals surface area contributed by atoms with E-state index in [0.717, 1.165) is 6.07 Å². The van der Waals surface area contributed by atoms with Crippen LogP contribution in [-0.4, -0.2) is 44.7 Å². The molecule has 2 aromatic rings. The first-order chi connectivity index (χ1) is 13.4. The van der Waals surface area contributed by atoms with Crippen molar-refractivity contribution in [1.82, 2.24) is 0 Å². The highest BCUT2D eigenvalue weighted by Crippen LogP contribution is 2.29. The molecule has 0 bridgehead atoms. The minimum atomic E-state index is -0.748. The summed E-state index contributed by atoms with van der Waals surface area (Å²) in [5.74, 6) is -0.433. The van der Waals surface area contributed by atoms with Gasteiger partial charge >= 0.3 is 5.97 Å². The molecule has 0 radical (unpaired) electrons. The van der Waals surface area contributed by atoms with Crippen molar-refractivity contribution in [3.8, 4) is 17.2 Å². The first-order valence-electron chi connectivity index (χ1n) is 7.91. The van der Waals surface area contributed by atoms with E-state index in [1.807, 2.05) is 0 Å². The minimum Gasteiger partial charge on any atom is -0.495 e. The van der Waals surface area contributed by atoms with Gasteiger partial charge in [0.25, 0.3) is 11.6 Å². The molecule has 0 fully saturated rings. The molecule has 0 unspecified atom stereocenters. The normalized spacial score (nSPS) is 9.96. The molecule has 2 aromatic carbocycles. The topological polar surface area (TPSA) is 126 Å². The van der Waals surface area contributed by atoms with Crippen LogP contribution >= 0.6 is 0 Å². The van der Waals surface area contributed by atoms with Gasteiger partial charge in [-0.25, -0.2) is 4.79 Å². The Morgan fingerprint density at radius 1 is 0.964 bits per heavy atom. The van der Waals surface area contributed by atoms with Crippen LogP contribution in [0.3, 0.4) is 0 Å². The molecule has 2 rings (SSSR count). The second-order valence-electron chi connectivity index (χ2n) is 5.34. The van der Waals surface area contributed by atoms with Crippen LogP contribution in [0.2, 0.25) is 0 Å². The first kappa shape index (κ1) is 20.5. The van der Waals surface area contributed by atoms with E-state index in [0.29, 0.717) is 11.5 Å². The number of nitrogens with one attached hydrogen (secondary N) is 1. The van der Waals surface area contributed by atoms with E-state index >= 15 is 0 Å². The van der Waals surface area contributed by atoms with Crippen molar-refractivity contribution < 1.29 is 33.5 Å². The number of hydrogen-bond donors (Lipinski definition) is 1. The molecule has 0 aliphatic carbocycles. The Morgan fingerprint density at radius 3 is 2.21 bits per heavy atom. The smallest absolute Gasteiger partial charge is 0.338 e. The van der Waals surface area contributed by atoms with Gasteiger partial charge in [0.2, 0.25) is 0 Å². The number of hydrogen-bond acceptors (Lipinski definition) is 8. The number of amides is 1. The van der Waals surface area contributed by atoms with Gasteiger partial charge in [-0.05, 0) is 24.3 Å². The summed E-state index contributed by atoms with van der Waals surface area (Å²) in [6.07, 6.45) is 0. The highest BCUT2D eigenvalue weighted by molar-refractivity contribution is 5.96. The molecule has 0 saturated carbocycles.